The lowest BCUT2D eigenvalue weighted by molar-refractivity contribution is 0.0379. The van der Waals surface area contributed by atoms with Crippen molar-refractivity contribution < 1.29 is 0 Å². The summed E-state index contributed by atoms with van der Waals surface area (Å²) >= 11 is 0. The molecular formula is C27H50. The second kappa shape index (κ2) is 12.9. The van der Waals surface area contributed by atoms with Crippen molar-refractivity contribution in [1.82, 2.24) is 0 Å². The van der Waals surface area contributed by atoms with E-state index in [-0.39, 0.29) is 0 Å². The maximum atomic E-state index is 3.99. The van der Waals surface area contributed by atoms with Gasteiger partial charge in [-0.1, -0.05) is 99.5 Å². The fraction of sp³-hybridized carbons (Fsp3) is 0.889. The third-order valence-electron chi connectivity index (χ3n) is 7.87. The van der Waals surface area contributed by atoms with Crippen LogP contribution in [0.4, 0.5) is 0 Å². The first-order valence-electron chi connectivity index (χ1n) is 12.3. The molecule has 0 heteroatoms. The van der Waals surface area contributed by atoms with E-state index in [0.717, 1.165) is 35.5 Å². The molecule has 0 nitrogen and oxygen atoms in total. The van der Waals surface area contributed by atoms with Crippen molar-refractivity contribution in [3.05, 3.63) is 17.9 Å². The minimum absolute atomic E-state index is 0.713. The van der Waals surface area contributed by atoms with Crippen LogP contribution in [-0.2, 0) is 0 Å². The quantitative estimate of drug-likeness (QED) is 0.299. The highest BCUT2D eigenvalue weighted by Crippen LogP contribution is 2.50. The van der Waals surface area contributed by atoms with Gasteiger partial charge in [0.25, 0.3) is 0 Å². The molecule has 0 radical (unpaired) electrons. The fourth-order valence-electron chi connectivity index (χ4n) is 6.25. The topological polar surface area (TPSA) is 0 Å². The maximum absolute atomic E-state index is 3.99. The lowest BCUT2D eigenvalue weighted by Gasteiger charge is -2.48. The van der Waals surface area contributed by atoms with E-state index >= 15 is 0 Å². The summed E-state index contributed by atoms with van der Waals surface area (Å²) in [6, 6.07) is 0. The summed E-state index contributed by atoms with van der Waals surface area (Å²) in [7, 11) is 0. The summed E-state index contributed by atoms with van der Waals surface area (Å²) in [5.74, 6) is 6.04. The number of hydrogen-bond acceptors (Lipinski definition) is 0. The van der Waals surface area contributed by atoms with Crippen LogP contribution in [0.15, 0.2) is 17.9 Å². The zero-order chi connectivity index (χ0) is 20.4. The van der Waals surface area contributed by atoms with E-state index in [9.17, 15) is 0 Å². The molecule has 0 aliphatic heterocycles. The molecule has 0 saturated heterocycles. The largest absolute Gasteiger partial charge is 0.130 e. The van der Waals surface area contributed by atoms with Crippen LogP contribution in [0.25, 0.3) is 0 Å². The van der Waals surface area contributed by atoms with Crippen molar-refractivity contribution in [3.63, 3.8) is 0 Å². The van der Waals surface area contributed by atoms with Crippen molar-refractivity contribution in [2.45, 2.75) is 113 Å². The molecular weight excluding hydrogens is 324 g/mol. The number of rotatable bonds is 12. The first kappa shape index (κ1) is 24.6. The third-order valence-corrected chi connectivity index (χ3v) is 7.87. The SMILES string of the molecule is C=C=C(C)C1C(C)CC(CC(CCC)CCC(C)CC)C(CCC)C1CC. The van der Waals surface area contributed by atoms with E-state index < -0.39 is 0 Å². The van der Waals surface area contributed by atoms with Crippen LogP contribution in [0.3, 0.4) is 0 Å². The van der Waals surface area contributed by atoms with Crippen molar-refractivity contribution in [1.29, 1.82) is 0 Å². The van der Waals surface area contributed by atoms with Gasteiger partial charge in [-0.15, -0.1) is 5.73 Å². The Balaban J connectivity index is 2.96. The smallest absolute Gasteiger partial charge is 0.00733 e. The number of hydrogen-bond donors (Lipinski definition) is 0. The molecule has 1 saturated carbocycles. The third kappa shape index (κ3) is 7.12. The molecule has 0 aromatic heterocycles. The molecule has 7 unspecified atom stereocenters. The minimum Gasteiger partial charge on any atom is -0.130 e. The second-order valence-electron chi connectivity index (χ2n) is 9.86. The lowest BCUT2D eigenvalue weighted by Crippen LogP contribution is -2.40. The molecule has 0 amide bonds. The van der Waals surface area contributed by atoms with Crippen molar-refractivity contribution in [2.75, 3.05) is 0 Å². The molecule has 0 aromatic carbocycles. The molecule has 0 bridgehead atoms. The monoisotopic (exact) mass is 374 g/mol. The van der Waals surface area contributed by atoms with Crippen LogP contribution in [-0.4, -0.2) is 0 Å². The normalized spacial score (nSPS) is 30.6. The van der Waals surface area contributed by atoms with E-state index in [2.05, 4.69) is 60.8 Å². The molecule has 0 heterocycles. The molecule has 1 aliphatic carbocycles. The van der Waals surface area contributed by atoms with Gasteiger partial charge in [-0.2, -0.15) is 0 Å². The van der Waals surface area contributed by atoms with Crippen molar-refractivity contribution in [2.24, 2.45) is 41.4 Å². The Morgan fingerprint density at radius 1 is 1.04 bits per heavy atom. The highest BCUT2D eigenvalue weighted by Gasteiger charge is 2.42. The van der Waals surface area contributed by atoms with Crippen molar-refractivity contribution in [3.8, 4) is 0 Å². The van der Waals surface area contributed by atoms with Crippen LogP contribution in [0.1, 0.15) is 113 Å². The zero-order valence-electron chi connectivity index (χ0n) is 19.8. The molecule has 0 N–H and O–H groups in total. The van der Waals surface area contributed by atoms with E-state index in [1.165, 1.54) is 69.8 Å². The van der Waals surface area contributed by atoms with Crippen LogP contribution >= 0.6 is 0 Å². The number of allylic oxidation sites excluding steroid dienone is 1. The molecule has 0 spiro atoms. The standard InChI is InChI=1S/C27H50/c1-9-14-23(17-16-20(6)11-3)19-24-18-22(8)27(21(7)12-4)25(13-5)26(24)15-10-2/h20,22-27H,4,9-11,13-19H2,1-3,5-8H3. The first-order chi connectivity index (χ1) is 12.9. The van der Waals surface area contributed by atoms with Gasteiger partial charge in [-0.05, 0) is 66.8 Å². The van der Waals surface area contributed by atoms with E-state index in [1.807, 2.05) is 0 Å². The Morgan fingerprint density at radius 3 is 2.26 bits per heavy atom. The average molecular weight is 375 g/mol. The predicted molar refractivity (Wildman–Crippen MR) is 123 cm³/mol. The van der Waals surface area contributed by atoms with E-state index in [4.69, 9.17) is 0 Å². The van der Waals surface area contributed by atoms with Gasteiger partial charge in [-0.3, -0.25) is 0 Å². The lowest BCUT2D eigenvalue weighted by atomic mass is 9.57. The Kier molecular flexibility index (Phi) is 11.7. The molecule has 1 fully saturated rings. The zero-order valence-corrected chi connectivity index (χ0v) is 19.8. The Bertz CT molecular complexity index is 441. The van der Waals surface area contributed by atoms with Crippen LogP contribution in [0.2, 0.25) is 0 Å². The van der Waals surface area contributed by atoms with Crippen LogP contribution in [0, 0.1) is 41.4 Å². The fourth-order valence-corrected chi connectivity index (χ4v) is 6.25. The van der Waals surface area contributed by atoms with Crippen LogP contribution < -0.4 is 0 Å². The maximum Gasteiger partial charge on any atom is -0.00733 e. The van der Waals surface area contributed by atoms with Gasteiger partial charge in [0.15, 0.2) is 0 Å². The van der Waals surface area contributed by atoms with Gasteiger partial charge in [0.1, 0.15) is 0 Å². The highest BCUT2D eigenvalue weighted by molar-refractivity contribution is 5.08. The first-order valence-corrected chi connectivity index (χ1v) is 12.3. The predicted octanol–water partition coefficient (Wildman–Crippen LogP) is 9.07. The second-order valence-corrected chi connectivity index (χ2v) is 9.86. The molecule has 1 aliphatic rings. The Morgan fingerprint density at radius 2 is 1.74 bits per heavy atom. The van der Waals surface area contributed by atoms with Gasteiger partial charge in [0.2, 0.25) is 0 Å². The van der Waals surface area contributed by atoms with E-state index in [0.29, 0.717) is 5.92 Å². The molecule has 1 rings (SSSR count). The van der Waals surface area contributed by atoms with Gasteiger partial charge < -0.3 is 0 Å². The summed E-state index contributed by atoms with van der Waals surface area (Å²) in [5.41, 5.74) is 4.70. The summed E-state index contributed by atoms with van der Waals surface area (Å²) < 4.78 is 0. The molecule has 27 heavy (non-hydrogen) atoms. The van der Waals surface area contributed by atoms with Gasteiger partial charge in [-0.25, -0.2) is 0 Å². The van der Waals surface area contributed by atoms with Gasteiger partial charge >= 0.3 is 0 Å². The van der Waals surface area contributed by atoms with Crippen molar-refractivity contribution >= 4 is 0 Å². The van der Waals surface area contributed by atoms with E-state index in [1.54, 1.807) is 0 Å². The van der Waals surface area contributed by atoms with Gasteiger partial charge in [0, 0.05) is 0 Å². The minimum atomic E-state index is 0.713. The Hall–Kier alpha value is -0.480. The average Bonchev–Trinajstić information content (AvgIpc) is 2.66. The summed E-state index contributed by atoms with van der Waals surface area (Å²) in [4.78, 5) is 0. The summed E-state index contributed by atoms with van der Waals surface area (Å²) in [6.45, 7) is 20.8. The summed E-state index contributed by atoms with van der Waals surface area (Å²) in [6.07, 6.45) is 14.0. The van der Waals surface area contributed by atoms with Gasteiger partial charge in [0.05, 0.1) is 0 Å². The molecule has 158 valence electrons. The van der Waals surface area contributed by atoms with Crippen LogP contribution in [0.5, 0.6) is 0 Å². The molecule has 0 aromatic rings. The highest BCUT2D eigenvalue weighted by atomic mass is 14.5. The Labute approximate surface area is 172 Å². The summed E-state index contributed by atoms with van der Waals surface area (Å²) in [5, 5.41) is 0. The molecule has 7 atom stereocenters.